The number of non-ortho nitro benzene ring substituents is 1. The minimum atomic E-state index is -1.43. The first-order valence-corrected chi connectivity index (χ1v) is 5.65. The summed E-state index contributed by atoms with van der Waals surface area (Å²) < 4.78 is 0. The zero-order valence-corrected chi connectivity index (χ0v) is 10.6. The Balaban J connectivity index is 2.98. The van der Waals surface area contributed by atoms with Crippen LogP contribution in [-0.2, 0) is 4.79 Å². The summed E-state index contributed by atoms with van der Waals surface area (Å²) in [6.07, 6.45) is -2.76. The predicted octanol–water partition coefficient (Wildman–Crippen LogP) is -0.00312. The Bertz CT molecular complexity index is 567. The van der Waals surface area contributed by atoms with Gasteiger partial charge in [-0.05, 0) is 6.07 Å². The number of nitriles is 1. The molecule has 0 aliphatic heterocycles. The third kappa shape index (κ3) is 3.74. The van der Waals surface area contributed by atoms with Crippen molar-refractivity contribution in [3.63, 3.8) is 0 Å². The quantitative estimate of drug-likeness (QED) is 0.512. The average Bonchev–Trinajstić information content (AvgIpc) is 2.42. The highest BCUT2D eigenvalue weighted by Crippen LogP contribution is 2.24. The smallest absolute Gasteiger partial charge is 0.270 e. The molecule has 0 aliphatic carbocycles. The van der Waals surface area contributed by atoms with Gasteiger partial charge in [0.15, 0.2) is 0 Å². The molecule has 2 unspecified atom stereocenters. The van der Waals surface area contributed by atoms with Crippen molar-refractivity contribution in [3.05, 3.63) is 39.4 Å². The number of amides is 1. The maximum Gasteiger partial charge on any atom is 0.270 e. The Hall–Kier alpha value is -2.50. The SMILES string of the molecule is CC(=O)NCC(O)C(O)c1ccc([N+](=O)[O-])cc1C#N. The monoisotopic (exact) mass is 279 g/mol. The summed E-state index contributed by atoms with van der Waals surface area (Å²) in [5.74, 6) is -0.375. The number of nitrogens with one attached hydrogen (secondary N) is 1. The third-order valence-electron chi connectivity index (χ3n) is 2.61. The van der Waals surface area contributed by atoms with E-state index in [1.54, 1.807) is 6.07 Å². The normalized spacial score (nSPS) is 13.1. The third-order valence-corrected chi connectivity index (χ3v) is 2.61. The number of rotatable bonds is 5. The maximum absolute atomic E-state index is 10.7. The summed E-state index contributed by atoms with van der Waals surface area (Å²) in [6, 6.07) is 5.08. The van der Waals surface area contributed by atoms with Crippen LogP contribution in [0.2, 0.25) is 0 Å². The fourth-order valence-corrected chi connectivity index (χ4v) is 1.58. The molecular weight excluding hydrogens is 266 g/mol. The van der Waals surface area contributed by atoms with Crippen molar-refractivity contribution in [2.24, 2.45) is 0 Å². The number of carbonyl (C=O) groups excluding carboxylic acids is 1. The number of nitrogens with zero attached hydrogens (tertiary/aromatic N) is 2. The highest BCUT2D eigenvalue weighted by atomic mass is 16.6. The van der Waals surface area contributed by atoms with Gasteiger partial charge >= 0.3 is 0 Å². The summed E-state index contributed by atoms with van der Waals surface area (Å²) in [5, 5.41) is 41.5. The molecule has 20 heavy (non-hydrogen) atoms. The Morgan fingerprint density at radius 2 is 2.20 bits per heavy atom. The topological polar surface area (TPSA) is 136 Å². The van der Waals surface area contributed by atoms with Crippen LogP contribution in [0, 0.1) is 21.4 Å². The van der Waals surface area contributed by atoms with Crippen LogP contribution in [0.5, 0.6) is 0 Å². The Morgan fingerprint density at radius 3 is 2.70 bits per heavy atom. The minimum Gasteiger partial charge on any atom is -0.388 e. The Labute approximate surface area is 114 Å². The van der Waals surface area contributed by atoms with Crippen molar-refractivity contribution in [2.45, 2.75) is 19.1 Å². The van der Waals surface area contributed by atoms with Gasteiger partial charge in [-0.2, -0.15) is 5.26 Å². The van der Waals surface area contributed by atoms with E-state index in [-0.39, 0.29) is 29.3 Å². The van der Waals surface area contributed by atoms with E-state index in [2.05, 4.69) is 5.32 Å². The molecule has 3 N–H and O–H groups in total. The van der Waals surface area contributed by atoms with Gasteiger partial charge in [-0.3, -0.25) is 14.9 Å². The first-order chi connectivity index (χ1) is 9.36. The Kier molecular flexibility index (Phi) is 5.14. The molecule has 2 atom stereocenters. The van der Waals surface area contributed by atoms with Crippen molar-refractivity contribution >= 4 is 11.6 Å². The average molecular weight is 279 g/mol. The molecule has 1 aromatic carbocycles. The van der Waals surface area contributed by atoms with Crippen molar-refractivity contribution < 1.29 is 19.9 Å². The first kappa shape index (κ1) is 15.6. The van der Waals surface area contributed by atoms with E-state index in [4.69, 9.17) is 5.26 Å². The van der Waals surface area contributed by atoms with Crippen LogP contribution < -0.4 is 5.32 Å². The number of carbonyl (C=O) groups is 1. The molecule has 8 heteroatoms. The number of hydrogen-bond acceptors (Lipinski definition) is 6. The molecule has 106 valence electrons. The summed E-state index contributed by atoms with van der Waals surface area (Å²) in [4.78, 5) is 20.7. The summed E-state index contributed by atoms with van der Waals surface area (Å²) >= 11 is 0. The zero-order valence-electron chi connectivity index (χ0n) is 10.6. The molecule has 0 fully saturated rings. The lowest BCUT2D eigenvalue weighted by Gasteiger charge is -2.19. The van der Waals surface area contributed by atoms with Gasteiger partial charge in [0.05, 0.1) is 16.6 Å². The molecule has 0 saturated heterocycles. The molecule has 1 aromatic rings. The molecule has 0 spiro atoms. The van der Waals surface area contributed by atoms with Crippen molar-refractivity contribution in [3.8, 4) is 6.07 Å². The van der Waals surface area contributed by atoms with Gasteiger partial charge in [0.1, 0.15) is 12.2 Å². The lowest BCUT2D eigenvalue weighted by atomic mass is 9.98. The van der Waals surface area contributed by atoms with Gasteiger partial charge in [0, 0.05) is 31.2 Å². The summed E-state index contributed by atoms with van der Waals surface area (Å²) in [7, 11) is 0. The van der Waals surface area contributed by atoms with E-state index in [9.17, 15) is 25.1 Å². The summed E-state index contributed by atoms with van der Waals surface area (Å²) in [6.45, 7) is 1.06. The standard InChI is InChI=1S/C12H13N3O5/c1-7(16)14-6-11(17)12(18)10-3-2-9(15(19)20)4-8(10)5-13/h2-4,11-12,17-18H,6H2,1H3,(H,14,16). The van der Waals surface area contributed by atoms with E-state index >= 15 is 0 Å². The molecule has 8 nitrogen and oxygen atoms in total. The number of aliphatic hydroxyl groups is 2. The van der Waals surface area contributed by atoms with Gasteiger partial charge in [-0.15, -0.1) is 0 Å². The second kappa shape index (κ2) is 6.60. The first-order valence-electron chi connectivity index (χ1n) is 5.65. The van der Waals surface area contributed by atoms with Crippen LogP contribution in [0.1, 0.15) is 24.2 Å². The second-order valence-corrected chi connectivity index (χ2v) is 4.09. The van der Waals surface area contributed by atoms with Gasteiger partial charge in [0.2, 0.25) is 5.91 Å². The number of aliphatic hydroxyl groups excluding tert-OH is 2. The van der Waals surface area contributed by atoms with E-state index in [0.717, 1.165) is 12.1 Å². The molecule has 0 aromatic heterocycles. The fraction of sp³-hybridized carbons (Fsp3) is 0.333. The molecule has 0 saturated carbocycles. The number of nitro benzene ring substituents is 1. The Morgan fingerprint density at radius 1 is 1.55 bits per heavy atom. The van der Waals surface area contributed by atoms with E-state index in [1.807, 2.05) is 0 Å². The molecule has 0 heterocycles. The highest BCUT2D eigenvalue weighted by Gasteiger charge is 2.23. The van der Waals surface area contributed by atoms with Crippen LogP contribution in [0.3, 0.4) is 0 Å². The number of hydrogen-bond donors (Lipinski definition) is 3. The van der Waals surface area contributed by atoms with Crippen molar-refractivity contribution in [2.75, 3.05) is 6.54 Å². The maximum atomic E-state index is 10.7. The van der Waals surface area contributed by atoms with Gasteiger partial charge < -0.3 is 15.5 Å². The molecule has 1 rings (SSSR count). The van der Waals surface area contributed by atoms with Crippen LogP contribution in [0.15, 0.2) is 18.2 Å². The van der Waals surface area contributed by atoms with E-state index in [0.29, 0.717) is 0 Å². The van der Waals surface area contributed by atoms with Gasteiger partial charge in [0.25, 0.3) is 5.69 Å². The lowest BCUT2D eigenvalue weighted by molar-refractivity contribution is -0.384. The predicted molar refractivity (Wildman–Crippen MR) is 67.5 cm³/mol. The fourth-order valence-electron chi connectivity index (χ4n) is 1.58. The van der Waals surface area contributed by atoms with Crippen LogP contribution in [0.25, 0.3) is 0 Å². The highest BCUT2D eigenvalue weighted by molar-refractivity contribution is 5.72. The summed E-state index contributed by atoms with van der Waals surface area (Å²) in [5.41, 5.74) is -0.321. The van der Waals surface area contributed by atoms with E-state index < -0.39 is 17.1 Å². The molecule has 0 bridgehead atoms. The van der Waals surface area contributed by atoms with Gasteiger partial charge in [-0.1, -0.05) is 0 Å². The van der Waals surface area contributed by atoms with Crippen LogP contribution >= 0.6 is 0 Å². The second-order valence-electron chi connectivity index (χ2n) is 4.09. The minimum absolute atomic E-state index is 0.0657. The van der Waals surface area contributed by atoms with Crippen LogP contribution in [-0.4, -0.2) is 33.7 Å². The van der Waals surface area contributed by atoms with Crippen LogP contribution in [0.4, 0.5) is 5.69 Å². The number of benzene rings is 1. The number of nitro groups is 1. The van der Waals surface area contributed by atoms with Crippen molar-refractivity contribution in [1.29, 1.82) is 5.26 Å². The lowest BCUT2D eigenvalue weighted by Crippen LogP contribution is -2.34. The largest absolute Gasteiger partial charge is 0.388 e. The molecule has 0 radical (unpaired) electrons. The molecule has 0 aliphatic rings. The van der Waals surface area contributed by atoms with Crippen molar-refractivity contribution in [1.82, 2.24) is 5.32 Å². The molecular formula is C12H13N3O5. The van der Waals surface area contributed by atoms with E-state index in [1.165, 1.54) is 13.0 Å². The molecule has 1 amide bonds. The van der Waals surface area contributed by atoms with Gasteiger partial charge in [-0.25, -0.2) is 0 Å². The zero-order chi connectivity index (χ0) is 15.3.